The lowest BCUT2D eigenvalue weighted by atomic mass is 10.2. The molecule has 0 bridgehead atoms. The zero-order valence-electron chi connectivity index (χ0n) is 17.8. The van der Waals surface area contributed by atoms with Crippen LogP contribution in [0.25, 0.3) is 11.0 Å². The molecule has 0 fully saturated rings. The van der Waals surface area contributed by atoms with Crippen molar-refractivity contribution in [2.45, 2.75) is 19.6 Å². The third-order valence-corrected chi connectivity index (χ3v) is 4.79. The van der Waals surface area contributed by atoms with Crippen LogP contribution in [0.15, 0.2) is 61.1 Å². The largest absolute Gasteiger partial charge is 0.484 e. The molecule has 4 aromatic rings. The monoisotopic (exact) mass is 457 g/mol. The van der Waals surface area contributed by atoms with Crippen LogP contribution in [-0.2, 0) is 6.54 Å². The molecule has 0 aliphatic carbocycles. The summed E-state index contributed by atoms with van der Waals surface area (Å²) in [5.74, 6) is 1.67. The second-order valence-electron chi connectivity index (χ2n) is 7.34. The van der Waals surface area contributed by atoms with E-state index in [1.165, 1.54) is 18.5 Å². The molecule has 0 unspecified atom stereocenters. The molecule has 10 heteroatoms. The average Bonchev–Trinajstić information content (AvgIpc) is 3.18. The van der Waals surface area contributed by atoms with Crippen molar-refractivity contribution in [2.24, 2.45) is 5.73 Å². The molecule has 0 saturated carbocycles. The Hall–Kier alpha value is -3.79. The van der Waals surface area contributed by atoms with E-state index in [-0.39, 0.29) is 5.75 Å². The molecule has 0 saturated heterocycles. The Balaban J connectivity index is 1.51. The first kappa shape index (κ1) is 22.4. The third-order valence-electron chi connectivity index (χ3n) is 4.79. The molecule has 0 amide bonds. The van der Waals surface area contributed by atoms with E-state index >= 15 is 0 Å². The summed E-state index contributed by atoms with van der Waals surface area (Å²) in [4.78, 5) is 8.67. The van der Waals surface area contributed by atoms with Gasteiger partial charge in [-0.25, -0.2) is 9.97 Å². The molecule has 2 aromatic carbocycles. The molecule has 0 aliphatic heterocycles. The van der Waals surface area contributed by atoms with Crippen molar-refractivity contribution >= 4 is 22.5 Å². The summed E-state index contributed by atoms with van der Waals surface area (Å²) in [6, 6.07) is 13.5. The molecule has 0 aliphatic rings. The van der Waals surface area contributed by atoms with Crippen molar-refractivity contribution < 1.29 is 22.6 Å². The van der Waals surface area contributed by atoms with Gasteiger partial charge in [-0.15, -0.1) is 0 Å². The Morgan fingerprint density at radius 1 is 1.06 bits per heavy atom. The Morgan fingerprint density at radius 3 is 2.64 bits per heavy atom. The maximum Gasteiger partial charge on any atom is 0.422 e. The van der Waals surface area contributed by atoms with E-state index in [4.69, 9.17) is 15.2 Å². The molecule has 0 radical (unpaired) electrons. The highest BCUT2D eigenvalue weighted by Gasteiger charge is 2.28. The van der Waals surface area contributed by atoms with Gasteiger partial charge in [-0.2, -0.15) is 13.2 Å². The number of aryl methyl sites for hydroxylation is 1. The minimum absolute atomic E-state index is 0.0778. The highest BCUT2D eigenvalue weighted by molar-refractivity contribution is 5.88. The van der Waals surface area contributed by atoms with Gasteiger partial charge in [0.25, 0.3) is 0 Å². The number of benzene rings is 2. The number of aromatic nitrogens is 3. The van der Waals surface area contributed by atoms with Gasteiger partial charge in [0, 0.05) is 31.0 Å². The first-order valence-corrected chi connectivity index (χ1v) is 10.2. The summed E-state index contributed by atoms with van der Waals surface area (Å²) in [5, 5.41) is 3.31. The lowest BCUT2D eigenvalue weighted by Crippen LogP contribution is -2.19. The molecule has 0 spiro atoms. The van der Waals surface area contributed by atoms with E-state index in [2.05, 4.69) is 15.3 Å². The molecule has 3 N–H and O–H groups in total. The van der Waals surface area contributed by atoms with Gasteiger partial charge in [-0.1, -0.05) is 6.07 Å². The van der Waals surface area contributed by atoms with Crippen molar-refractivity contribution in [2.75, 3.05) is 18.5 Å². The van der Waals surface area contributed by atoms with Crippen LogP contribution in [0, 0.1) is 6.92 Å². The highest BCUT2D eigenvalue weighted by atomic mass is 19.4. The summed E-state index contributed by atoms with van der Waals surface area (Å²) >= 11 is 0. The quantitative estimate of drug-likeness (QED) is 0.379. The predicted octanol–water partition coefficient (Wildman–Crippen LogP) is 5.18. The van der Waals surface area contributed by atoms with Gasteiger partial charge in [-0.05, 0) is 48.9 Å². The summed E-state index contributed by atoms with van der Waals surface area (Å²) in [6.45, 7) is 1.65. The van der Waals surface area contributed by atoms with Gasteiger partial charge in [0.15, 0.2) is 12.4 Å². The Bertz CT molecular complexity index is 1260. The molecule has 0 atom stereocenters. The second kappa shape index (κ2) is 9.37. The van der Waals surface area contributed by atoms with Crippen molar-refractivity contribution in [1.82, 2.24) is 14.5 Å². The lowest BCUT2D eigenvalue weighted by Gasteiger charge is -2.14. The van der Waals surface area contributed by atoms with Crippen molar-refractivity contribution in [3.05, 3.63) is 66.6 Å². The first-order chi connectivity index (χ1) is 15.8. The van der Waals surface area contributed by atoms with E-state index in [0.29, 0.717) is 30.4 Å². The van der Waals surface area contributed by atoms with Crippen LogP contribution in [0.5, 0.6) is 17.2 Å². The summed E-state index contributed by atoms with van der Waals surface area (Å²) in [6.07, 6.45) is -0.987. The number of ether oxygens (including phenoxy) is 2. The second-order valence-corrected chi connectivity index (χ2v) is 7.34. The fourth-order valence-corrected chi connectivity index (χ4v) is 3.35. The fourth-order valence-electron chi connectivity index (χ4n) is 3.35. The van der Waals surface area contributed by atoms with Gasteiger partial charge in [0.1, 0.15) is 29.1 Å². The van der Waals surface area contributed by atoms with Crippen LogP contribution in [0.1, 0.15) is 5.56 Å². The van der Waals surface area contributed by atoms with E-state index in [1.54, 1.807) is 18.2 Å². The summed E-state index contributed by atoms with van der Waals surface area (Å²) in [7, 11) is 0. The Labute approximate surface area is 188 Å². The minimum atomic E-state index is -4.41. The normalized spacial score (nSPS) is 11.5. The van der Waals surface area contributed by atoms with Crippen LogP contribution in [0.2, 0.25) is 0 Å². The number of halogens is 3. The van der Waals surface area contributed by atoms with E-state index in [1.807, 2.05) is 35.9 Å². The summed E-state index contributed by atoms with van der Waals surface area (Å²) < 4.78 is 49.8. The average molecular weight is 457 g/mol. The van der Waals surface area contributed by atoms with Gasteiger partial charge in [-0.3, -0.25) is 0 Å². The molecule has 7 nitrogen and oxygen atoms in total. The number of hydrogen-bond acceptors (Lipinski definition) is 6. The van der Waals surface area contributed by atoms with Crippen LogP contribution >= 0.6 is 0 Å². The number of fused-ring (bicyclic) bond motifs is 1. The van der Waals surface area contributed by atoms with E-state index < -0.39 is 12.8 Å². The van der Waals surface area contributed by atoms with Gasteiger partial charge >= 0.3 is 6.18 Å². The van der Waals surface area contributed by atoms with Crippen LogP contribution in [-0.4, -0.2) is 33.9 Å². The molecule has 2 heterocycles. The number of anilines is 2. The zero-order chi connectivity index (χ0) is 23.4. The standard InChI is InChI=1S/C23H22F3N5O2/c1-15-11-16(30-22-21-19(28-14-29-22)7-9-31(21)10-8-27)5-6-20(15)33-18-4-2-3-17(12-18)32-13-23(24,25)26/h2-7,9,11-12,14H,8,10,13,27H2,1H3,(H,28,29,30). The number of rotatable bonds is 8. The smallest absolute Gasteiger partial charge is 0.422 e. The van der Waals surface area contributed by atoms with Gasteiger partial charge in [0.05, 0.1) is 5.52 Å². The number of nitrogens with one attached hydrogen (secondary N) is 1. The lowest BCUT2D eigenvalue weighted by molar-refractivity contribution is -0.153. The molecule has 33 heavy (non-hydrogen) atoms. The van der Waals surface area contributed by atoms with Gasteiger partial charge < -0.3 is 25.1 Å². The van der Waals surface area contributed by atoms with E-state index in [0.717, 1.165) is 22.3 Å². The molecule has 4 rings (SSSR count). The van der Waals surface area contributed by atoms with Crippen molar-refractivity contribution in [3.63, 3.8) is 0 Å². The number of nitrogens with two attached hydrogens (primary N) is 1. The third kappa shape index (κ3) is 5.53. The van der Waals surface area contributed by atoms with Crippen LogP contribution < -0.4 is 20.5 Å². The molecular formula is C23H22F3N5O2. The SMILES string of the molecule is Cc1cc(Nc2ncnc3ccn(CCN)c23)ccc1Oc1cccc(OCC(F)(F)F)c1. The van der Waals surface area contributed by atoms with Crippen molar-refractivity contribution in [3.8, 4) is 17.2 Å². The Morgan fingerprint density at radius 2 is 1.88 bits per heavy atom. The molecule has 2 aromatic heterocycles. The minimum Gasteiger partial charge on any atom is -0.484 e. The number of hydrogen-bond donors (Lipinski definition) is 2. The predicted molar refractivity (Wildman–Crippen MR) is 119 cm³/mol. The topological polar surface area (TPSA) is 87.2 Å². The summed E-state index contributed by atoms with van der Waals surface area (Å²) in [5.41, 5.74) is 8.99. The van der Waals surface area contributed by atoms with Crippen molar-refractivity contribution in [1.29, 1.82) is 0 Å². The van der Waals surface area contributed by atoms with Gasteiger partial charge in [0.2, 0.25) is 0 Å². The highest BCUT2D eigenvalue weighted by Crippen LogP contribution is 2.31. The number of nitrogens with zero attached hydrogens (tertiary/aromatic N) is 3. The maximum atomic E-state index is 12.4. The van der Waals surface area contributed by atoms with Crippen LogP contribution in [0.3, 0.4) is 0 Å². The maximum absolute atomic E-state index is 12.4. The zero-order valence-corrected chi connectivity index (χ0v) is 17.8. The molecule has 172 valence electrons. The first-order valence-electron chi connectivity index (χ1n) is 10.2. The van der Waals surface area contributed by atoms with E-state index in [9.17, 15) is 13.2 Å². The Kier molecular flexibility index (Phi) is 6.36. The molecular weight excluding hydrogens is 435 g/mol. The fraction of sp³-hybridized carbons (Fsp3) is 0.217. The van der Waals surface area contributed by atoms with Crippen LogP contribution in [0.4, 0.5) is 24.7 Å². The number of alkyl halides is 3.